The van der Waals surface area contributed by atoms with Crippen molar-refractivity contribution < 1.29 is 13.3 Å². The molecule has 0 amide bonds. The van der Waals surface area contributed by atoms with Gasteiger partial charge in [-0.15, -0.1) is 0 Å². The smallest absolute Gasteiger partial charge is 0.344 e. The molecular weight excluding hydrogens is 444 g/mol. The normalized spacial score (nSPS) is 13.3. The third-order valence-corrected chi connectivity index (χ3v) is 15.9. The molecule has 0 spiro atoms. The van der Waals surface area contributed by atoms with Crippen molar-refractivity contribution in [3.05, 3.63) is 59.0 Å². The summed E-state index contributed by atoms with van der Waals surface area (Å²) < 4.78 is 18.4. The van der Waals surface area contributed by atoms with E-state index in [1.165, 1.54) is 0 Å². The highest BCUT2D eigenvalue weighted by atomic mass is 28.4. The molecule has 6 heteroatoms. The minimum atomic E-state index is -1.97. The molecule has 0 N–H and O–H groups in total. The summed E-state index contributed by atoms with van der Waals surface area (Å²) in [5.74, 6) is 1.58. The zero-order valence-electron chi connectivity index (χ0n) is 21.8. The van der Waals surface area contributed by atoms with Gasteiger partial charge in [-0.2, -0.15) is 0 Å². The predicted molar refractivity (Wildman–Crippen MR) is 144 cm³/mol. The molecule has 0 bridgehead atoms. The van der Waals surface area contributed by atoms with Crippen molar-refractivity contribution >= 4 is 27.6 Å². The van der Waals surface area contributed by atoms with Gasteiger partial charge in [0.05, 0.1) is 5.56 Å². The van der Waals surface area contributed by atoms with Crippen molar-refractivity contribution in [2.24, 2.45) is 0 Å². The predicted octanol–water partition coefficient (Wildman–Crippen LogP) is 8.23. The number of hydrogen-bond donors (Lipinski definition) is 0. The third kappa shape index (κ3) is 5.44. The van der Waals surface area contributed by atoms with Crippen LogP contribution in [0.15, 0.2) is 57.7 Å². The molecule has 0 aliphatic rings. The maximum absolute atomic E-state index is 12.8. The second-order valence-electron chi connectivity index (χ2n) is 11.9. The van der Waals surface area contributed by atoms with E-state index < -0.39 is 16.6 Å². The maximum atomic E-state index is 12.8. The molecule has 1 aromatic heterocycles. The fourth-order valence-electron chi connectivity index (χ4n) is 2.95. The quantitative estimate of drug-likeness (QED) is 0.271. The summed E-state index contributed by atoms with van der Waals surface area (Å²) in [5.41, 5.74) is 1.54. The molecular formula is C27H38O4Si2. The number of fused-ring (bicyclic) bond motifs is 1. The fourth-order valence-corrected chi connectivity index (χ4v) is 5.01. The molecule has 3 rings (SSSR count). The van der Waals surface area contributed by atoms with Gasteiger partial charge in [0.15, 0.2) is 0 Å². The Morgan fingerprint density at radius 2 is 1.18 bits per heavy atom. The average Bonchev–Trinajstić information content (AvgIpc) is 2.66. The van der Waals surface area contributed by atoms with Gasteiger partial charge in [0.1, 0.15) is 17.1 Å². The lowest BCUT2D eigenvalue weighted by Gasteiger charge is -2.36. The van der Waals surface area contributed by atoms with Crippen LogP contribution in [0.3, 0.4) is 0 Å². The van der Waals surface area contributed by atoms with Crippen LogP contribution in [0.2, 0.25) is 36.3 Å². The largest absolute Gasteiger partial charge is 0.544 e. The first kappa shape index (κ1) is 25.3. The van der Waals surface area contributed by atoms with Crippen molar-refractivity contribution in [1.29, 1.82) is 0 Å². The molecule has 0 unspecified atom stereocenters. The van der Waals surface area contributed by atoms with Crippen LogP contribution in [0.5, 0.6) is 11.5 Å². The Bertz CT molecular complexity index is 1190. The van der Waals surface area contributed by atoms with Crippen molar-refractivity contribution in [1.82, 2.24) is 0 Å². The van der Waals surface area contributed by atoms with Crippen molar-refractivity contribution in [2.75, 3.05) is 0 Å². The Labute approximate surface area is 200 Å². The highest BCUT2D eigenvalue weighted by Gasteiger charge is 2.39. The topological polar surface area (TPSA) is 48.7 Å². The van der Waals surface area contributed by atoms with Crippen LogP contribution in [0.1, 0.15) is 41.5 Å². The summed E-state index contributed by atoms with van der Waals surface area (Å²) in [5, 5.41) is 1.08. The summed E-state index contributed by atoms with van der Waals surface area (Å²) in [7, 11) is -3.89. The molecule has 3 aromatic rings. The Hall–Kier alpha value is -2.32. The lowest BCUT2D eigenvalue weighted by Crippen LogP contribution is -2.43. The molecule has 4 nitrogen and oxygen atoms in total. The van der Waals surface area contributed by atoms with Crippen LogP contribution in [0.25, 0.3) is 22.1 Å². The van der Waals surface area contributed by atoms with Crippen molar-refractivity contribution in [3.63, 3.8) is 0 Å². The molecule has 0 radical (unpaired) electrons. The van der Waals surface area contributed by atoms with Crippen LogP contribution in [0, 0.1) is 0 Å². The zero-order valence-corrected chi connectivity index (χ0v) is 23.8. The van der Waals surface area contributed by atoms with E-state index in [1.807, 2.05) is 48.5 Å². The molecule has 2 aromatic carbocycles. The monoisotopic (exact) mass is 482 g/mol. The van der Waals surface area contributed by atoms with E-state index in [2.05, 4.69) is 67.7 Å². The van der Waals surface area contributed by atoms with Gasteiger partial charge in [-0.25, -0.2) is 4.79 Å². The van der Waals surface area contributed by atoms with Gasteiger partial charge < -0.3 is 13.3 Å². The minimum absolute atomic E-state index is 0.0904. The lowest BCUT2D eigenvalue weighted by atomic mass is 10.1. The standard InChI is InChI=1S/C27H38O4Si2/c1-26(2,3)32(7,8)30-21-14-11-19(12-15-21)23-17-20-13-16-22(18-24(20)29-25(23)28)31-33(9,10)27(4,5)6/h11-18H,1-10H3. The maximum Gasteiger partial charge on any atom is 0.344 e. The van der Waals surface area contributed by atoms with Gasteiger partial charge in [0, 0.05) is 11.5 Å². The molecule has 0 aliphatic carbocycles. The van der Waals surface area contributed by atoms with Gasteiger partial charge in [0.2, 0.25) is 16.6 Å². The van der Waals surface area contributed by atoms with Gasteiger partial charge in [-0.3, -0.25) is 0 Å². The SMILES string of the molecule is CC(C)(C)[Si](C)(C)Oc1ccc(-c2cc3ccc(O[Si](C)(C)C(C)(C)C)cc3oc2=O)cc1. The first-order valence-corrected chi connectivity index (χ1v) is 17.4. The summed E-state index contributed by atoms with van der Waals surface area (Å²) in [6.07, 6.45) is 0. The Balaban J connectivity index is 1.89. The van der Waals surface area contributed by atoms with E-state index in [4.69, 9.17) is 13.3 Å². The number of benzene rings is 2. The number of rotatable bonds is 5. The molecule has 33 heavy (non-hydrogen) atoms. The first-order valence-electron chi connectivity index (χ1n) is 11.6. The van der Waals surface area contributed by atoms with Crippen LogP contribution in [-0.4, -0.2) is 16.6 Å². The Morgan fingerprint density at radius 1 is 0.697 bits per heavy atom. The van der Waals surface area contributed by atoms with E-state index in [0.29, 0.717) is 11.1 Å². The van der Waals surface area contributed by atoms with Crippen LogP contribution in [0.4, 0.5) is 0 Å². The molecule has 1 heterocycles. The highest BCUT2D eigenvalue weighted by molar-refractivity contribution is 6.75. The summed E-state index contributed by atoms with van der Waals surface area (Å²) in [4.78, 5) is 12.8. The van der Waals surface area contributed by atoms with Crippen molar-refractivity contribution in [3.8, 4) is 22.6 Å². The molecule has 0 atom stereocenters. The first-order chi connectivity index (χ1) is 15.0. The van der Waals surface area contributed by atoms with E-state index in [-0.39, 0.29) is 15.7 Å². The van der Waals surface area contributed by atoms with Crippen LogP contribution >= 0.6 is 0 Å². The van der Waals surface area contributed by atoms with E-state index in [0.717, 1.165) is 22.4 Å². The van der Waals surface area contributed by atoms with Crippen LogP contribution < -0.4 is 14.5 Å². The van der Waals surface area contributed by atoms with Gasteiger partial charge in [-0.05, 0) is 72.2 Å². The van der Waals surface area contributed by atoms with Gasteiger partial charge in [-0.1, -0.05) is 53.7 Å². The summed E-state index contributed by atoms with van der Waals surface area (Å²) >= 11 is 0. The van der Waals surface area contributed by atoms with Crippen LogP contribution in [-0.2, 0) is 0 Å². The molecule has 0 aliphatic heterocycles. The van der Waals surface area contributed by atoms with Crippen molar-refractivity contribution in [2.45, 2.75) is 77.8 Å². The third-order valence-electron chi connectivity index (χ3n) is 7.23. The zero-order chi connectivity index (χ0) is 24.8. The van der Waals surface area contributed by atoms with E-state index >= 15 is 0 Å². The van der Waals surface area contributed by atoms with E-state index in [9.17, 15) is 4.79 Å². The Morgan fingerprint density at radius 3 is 1.70 bits per heavy atom. The number of hydrogen-bond acceptors (Lipinski definition) is 4. The Kier molecular flexibility index (Phi) is 6.50. The van der Waals surface area contributed by atoms with Gasteiger partial charge in [0.25, 0.3) is 0 Å². The second-order valence-corrected chi connectivity index (χ2v) is 21.3. The minimum Gasteiger partial charge on any atom is -0.544 e. The van der Waals surface area contributed by atoms with Gasteiger partial charge >= 0.3 is 5.63 Å². The fraction of sp³-hybridized carbons (Fsp3) is 0.444. The highest BCUT2D eigenvalue weighted by Crippen LogP contribution is 2.39. The molecule has 0 saturated heterocycles. The second kappa shape index (κ2) is 8.47. The molecule has 0 saturated carbocycles. The average molecular weight is 483 g/mol. The summed E-state index contributed by atoms with van der Waals surface area (Å²) in [6.45, 7) is 22.1. The lowest BCUT2D eigenvalue weighted by molar-refractivity contribution is 0.490. The molecule has 0 fully saturated rings. The van der Waals surface area contributed by atoms with E-state index in [1.54, 1.807) is 0 Å². The summed E-state index contributed by atoms with van der Waals surface area (Å²) in [6, 6.07) is 15.4. The molecule has 178 valence electrons.